The lowest BCUT2D eigenvalue weighted by molar-refractivity contribution is -0.142. The molecule has 7 nitrogen and oxygen atoms in total. The first-order valence-corrected chi connectivity index (χ1v) is 9.10. The van der Waals surface area contributed by atoms with Gasteiger partial charge in [0, 0.05) is 14.2 Å². The summed E-state index contributed by atoms with van der Waals surface area (Å²) in [6.07, 6.45) is 3.75. The number of hydrogen-bond acceptors (Lipinski definition) is 5. The van der Waals surface area contributed by atoms with Crippen molar-refractivity contribution in [1.29, 1.82) is 0 Å². The maximum atomic E-state index is 12.7. The number of likely N-dealkylation sites (N-methyl/N-ethyl adjacent to an activating group) is 1. The Hall–Kier alpha value is -2.28. The monoisotopic (exact) mass is 357 g/mol. The maximum absolute atomic E-state index is 12.7. The van der Waals surface area contributed by atoms with Crippen molar-refractivity contribution in [1.82, 2.24) is 25.1 Å². The number of benzene rings is 1. The zero-order chi connectivity index (χ0) is 18.7. The average Bonchev–Trinajstić information content (AvgIpc) is 3.13. The summed E-state index contributed by atoms with van der Waals surface area (Å²) < 4.78 is 6.88. The molecule has 140 valence electrons. The van der Waals surface area contributed by atoms with Crippen LogP contribution in [0.25, 0.3) is 5.69 Å². The quantitative estimate of drug-likeness (QED) is 0.822. The molecule has 1 fully saturated rings. The molecular formula is C19H27N5O2. The summed E-state index contributed by atoms with van der Waals surface area (Å²) in [4.78, 5) is 14.5. The first-order chi connectivity index (χ1) is 12.5. The fourth-order valence-corrected chi connectivity index (χ4v) is 3.85. The number of para-hydroxylation sites is 1. The van der Waals surface area contributed by atoms with E-state index < -0.39 is 5.54 Å². The van der Waals surface area contributed by atoms with E-state index >= 15 is 0 Å². The number of aryl methyl sites for hydroxylation is 1. The van der Waals surface area contributed by atoms with Crippen molar-refractivity contribution in [3.8, 4) is 5.69 Å². The summed E-state index contributed by atoms with van der Waals surface area (Å²) in [5.41, 5.74) is 1.51. The van der Waals surface area contributed by atoms with Gasteiger partial charge < -0.3 is 9.64 Å². The molecule has 0 bridgehead atoms. The molecule has 1 aromatic carbocycles. The molecule has 1 aliphatic rings. The highest BCUT2D eigenvalue weighted by molar-refractivity contribution is 5.78. The summed E-state index contributed by atoms with van der Waals surface area (Å²) in [6.45, 7) is 4.35. The molecule has 26 heavy (non-hydrogen) atoms. The molecule has 1 aliphatic carbocycles. The van der Waals surface area contributed by atoms with Crippen LogP contribution in [0, 0.1) is 12.8 Å². The molecular weight excluding hydrogens is 330 g/mol. The van der Waals surface area contributed by atoms with Crippen LogP contribution in [0.5, 0.6) is 0 Å². The van der Waals surface area contributed by atoms with E-state index in [-0.39, 0.29) is 12.5 Å². The second-order valence-electron chi connectivity index (χ2n) is 7.30. The number of methoxy groups -OCH3 is 1. The van der Waals surface area contributed by atoms with Crippen LogP contribution >= 0.6 is 0 Å². The zero-order valence-electron chi connectivity index (χ0n) is 16.0. The van der Waals surface area contributed by atoms with Gasteiger partial charge >= 0.3 is 0 Å². The number of carbonyl (C=O) groups excluding carboxylic acids is 1. The fourth-order valence-electron chi connectivity index (χ4n) is 3.85. The second kappa shape index (κ2) is 7.53. The van der Waals surface area contributed by atoms with E-state index in [0.717, 1.165) is 42.8 Å². The predicted molar refractivity (Wildman–Crippen MR) is 97.8 cm³/mol. The van der Waals surface area contributed by atoms with Crippen LogP contribution in [0.2, 0.25) is 0 Å². The molecule has 0 unspecified atom stereocenters. The van der Waals surface area contributed by atoms with Crippen LogP contribution in [0.3, 0.4) is 0 Å². The van der Waals surface area contributed by atoms with Crippen molar-refractivity contribution in [3.63, 3.8) is 0 Å². The summed E-state index contributed by atoms with van der Waals surface area (Å²) in [7, 11) is 3.38. The van der Waals surface area contributed by atoms with Gasteiger partial charge in [-0.1, -0.05) is 25.1 Å². The molecule has 0 spiro atoms. The molecule has 3 rings (SSSR count). The van der Waals surface area contributed by atoms with Gasteiger partial charge in [-0.2, -0.15) is 4.68 Å². The van der Waals surface area contributed by atoms with Crippen molar-refractivity contribution < 1.29 is 9.53 Å². The molecule has 0 N–H and O–H groups in total. The Labute approximate surface area is 154 Å². The Morgan fingerprint density at radius 2 is 2.04 bits per heavy atom. The Balaban J connectivity index is 2.08. The van der Waals surface area contributed by atoms with E-state index in [4.69, 9.17) is 4.74 Å². The largest absolute Gasteiger partial charge is 0.375 e. The number of ether oxygens (including phenoxy) is 1. The number of nitrogens with zero attached hydrogens (tertiary/aromatic N) is 5. The van der Waals surface area contributed by atoms with Crippen LogP contribution in [-0.2, 0) is 15.1 Å². The van der Waals surface area contributed by atoms with Crippen LogP contribution in [0.1, 0.15) is 44.0 Å². The number of hydrogen-bond donors (Lipinski definition) is 0. The van der Waals surface area contributed by atoms with Crippen LogP contribution in [0.4, 0.5) is 0 Å². The SMILES string of the molecule is COCC(=O)N(C)C1(c2nnnn2-c2ccccc2C)CCC(C)CC1. The van der Waals surface area contributed by atoms with Crippen molar-refractivity contribution in [2.75, 3.05) is 20.8 Å². The molecule has 2 aromatic rings. The first kappa shape index (κ1) is 18.5. The van der Waals surface area contributed by atoms with Gasteiger partial charge in [-0.05, 0) is 60.6 Å². The van der Waals surface area contributed by atoms with E-state index in [1.807, 2.05) is 38.2 Å². The molecule has 1 saturated carbocycles. The lowest BCUT2D eigenvalue weighted by Gasteiger charge is -2.44. The lowest BCUT2D eigenvalue weighted by Crippen LogP contribution is -2.51. The minimum Gasteiger partial charge on any atom is -0.375 e. The topological polar surface area (TPSA) is 73.1 Å². The summed E-state index contributed by atoms with van der Waals surface area (Å²) in [5.74, 6) is 1.31. The molecule has 1 heterocycles. The van der Waals surface area contributed by atoms with E-state index in [9.17, 15) is 4.79 Å². The van der Waals surface area contributed by atoms with Crippen molar-refractivity contribution in [3.05, 3.63) is 35.7 Å². The van der Waals surface area contributed by atoms with E-state index in [1.54, 1.807) is 16.7 Å². The van der Waals surface area contributed by atoms with Gasteiger partial charge in [-0.25, -0.2) is 0 Å². The normalized spacial score (nSPS) is 23.0. The Kier molecular flexibility index (Phi) is 5.36. The van der Waals surface area contributed by atoms with Crippen molar-refractivity contribution in [2.45, 2.75) is 45.1 Å². The summed E-state index contributed by atoms with van der Waals surface area (Å²) in [6, 6.07) is 8.01. The van der Waals surface area contributed by atoms with E-state index in [0.29, 0.717) is 5.92 Å². The van der Waals surface area contributed by atoms with Gasteiger partial charge in [-0.15, -0.1) is 5.10 Å². The number of aromatic nitrogens is 4. The highest BCUT2D eigenvalue weighted by Crippen LogP contribution is 2.43. The highest BCUT2D eigenvalue weighted by atomic mass is 16.5. The average molecular weight is 357 g/mol. The summed E-state index contributed by atoms with van der Waals surface area (Å²) >= 11 is 0. The standard InChI is InChI=1S/C19H27N5O2/c1-14-9-11-19(12-10-14,23(3)17(25)13-26-4)18-20-21-22-24(18)16-8-6-5-7-15(16)2/h5-8,14H,9-13H2,1-4H3. The van der Waals surface area contributed by atoms with Gasteiger partial charge in [-0.3, -0.25) is 4.79 Å². The van der Waals surface area contributed by atoms with Gasteiger partial charge in [0.05, 0.1) is 5.69 Å². The number of amides is 1. The number of carbonyl (C=O) groups is 1. The third-order valence-corrected chi connectivity index (χ3v) is 5.61. The first-order valence-electron chi connectivity index (χ1n) is 9.10. The maximum Gasteiger partial charge on any atom is 0.249 e. The smallest absolute Gasteiger partial charge is 0.249 e. The van der Waals surface area contributed by atoms with Crippen LogP contribution < -0.4 is 0 Å². The van der Waals surface area contributed by atoms with Gasteiger partial charge in [0.25, 0.3) is 0 Å². The molecule has 1 amide bonds. The molecule has 7 heteroatoms. The van der Waals surface area contributed by atoms with Gasteiger partial charge in [0.15, 0.2) is 5.82 Å². The third kappa shape index (κ3) is 3.23. The molecule has 0 atom stereocenters. The molecule has 0 aliphatic heterocycles. The van der Waals surface area contributed by atoms with Crippen molar-refractivity contribution >= 4 is 5.91 Å². The van der Waals surface area contributed by atoms with Gasteiger partial charge in [0.1, 0.15) is 12.1 Å². The Morgan fingerprint density at radius 1 is 1.35 bits per heavy atom. The number of rotatable bonds is 5. The highest BCUT2D eigenvalue weighted by Gasteiger charge is 2.46. The lowest BCUT2D eigenvalue weighted by atomic mass is 9.75. The molecule has 0 saturated heterocycles. The minimum absolute atomic E-state index is 0.0543. The number of tetrazole rings is 1. The Bertz CT molecular complexity index is 765. The van der Waals surface area contributed by atoms with E-state index in [1.165, 1.54) is 0 Å². The Morgan fingerprint density at radius 3 is 2.69 bits per heavy atom. The van der Waals surface area contributed by atoms with Gasteiger partial charge in [0.2, 0.25) is 5.91 Å². The van der Waals surface area contributed by atoms with E-state index in [2.05, 4.69) is 22.4 Å². The zero-order valence-corrected chi connectivity index (χ0v) is 16.0. The van der Waals surface area contributed by atoms with Crippen molar-refractivity contribution in [2.24, 2.45) is 5.92 Å². The van der Waals surface area contributed by atoms with Crippen LogP contribution in [0.15, 0.2) is 24.3 Å². The second-order valence-corrected chi connectivity index (χ2v) is 7.30. The van der Waals surface area contributed by atoms with Crippen LogP contribution in [-0.4, -0.2) is 51.8 Å². The minimum atomic E-state index is -0.520. The fraction of sp³-hybridized carbons (Fsp3) is 0.579. The molecule has 1 aromatic heterocycles. The molecule has 0 radical (unpaired) electrons. The third-order valence-electron chi connectivity index (χ3n) is 5.61. The predicted octanol–water partition coefficient (Wildman–Crippen LogP) is 2.48. The summed E-state index contributed by atoms with van der Waals surface area (Å²) in [5, 5.41) is 12.6.